The molecule has 0 saturated carbocycles. The fourth-order valence-corrected chi connectivity index (χ4v) is 15.4. The smallest absolute Gasteiger partial charge is 0.246 e. The number of aliphatic hydroxyl groups excluding tert-OH is 1. The molecular formula is C68H120N12O14S. The molecule has 0 aromatic rings. The Balaban J connectivity index is 2.43. The Kier molecular flexibility index (Phi) is 31.3. The van der Waals surface area contributed by atoms with E-state index in [0.29, 0.717) is 13.1 Å². The number of allylic oxidation sites excluding steroid dienone is 2. The van der Waals surface area contributed by atoms with Crippen LogP contribution in [0.4, 0.5) is 0 Å². The number of likely N-dealkylation sites (N-methyl/N-ethyl adjacent to an activating group) is 7. The van der Waals surface area contributed by atoms with E-state index in [2.05, 4.69) is 16.0 Å². The third-order valence-electron chi connectivity index (χ3n) is 19.6. The number of nitrogens with zero attached hydrogens (tertiary/aromatic N) is 9. The standard InChI is InChI=1S/C68H120N12O14S/c1-25-27-28-43(13)57(81)56-60(84)70-48(26-2)62(86)77(22)53(37-95(93,94)47-29-31-72(17)32-30-47)65(89)73(18)49(33-38(3)4)59(83)71-54(41(9)10)67(91)76(21)52-36-44(14)80(66(52)90)46(16)58(82)69-45(15)61(85)74(19)50(34-39(5)6)63(87)75(20)51(35-40(7)8)64(88)78(23)55(42(11)12)68(92)79(56)24/h25,27,38-57,81H,26,28-37H2,1-24H3,(H,69,82)(H,70,84)(H,71,83)/t43-,44?,45+,46-,48-,49+,50-,51-,52-,53-,54-,55-,56-,57-/m1/s1. The summed E-state index contributed by atoms with van der Waals surface area (Å²) >= 11 is 0. The molecule has 27 heteroatoms. The molecule has 14 atom stereocenters. The van der Waals surface area contributed by atoms with Crippen molar-refractivity contribution in [1.29, 1.82) is 0 Å². The molecule has 0 aromatic carbocycles. The van der Waals surface area contributed by atoms with Crippen molar-refractivity contribution >= 4 is 74.8 Å². The number of carbonyl (C=O) groups excluding carboxylic acids is 11. The third kappa shape index (κ3) is 20.7. The lowest BCUT2D eigenvalue weighted by atomic mass is 9.91. The van der Waals surface area contributed by atoms with Gasteiger partial charge >= 0.3 is 0 Å². The van der Waals surface area contributed by atoms with Crippen molar-refractivity contribution in [2.24, 2.45) is 35.5 Å². The summed E-state index contributed by atoms with van der Waals surface area (Å²) in [6.45, 7) is 28.5. The molecule has 3 aliphatic heterocycles. The van der Waals surface area contributed by atoms with E-state index in [9.17, 15) is 37.5 Å². The number of amides is 11. The molecule has 3 rings (SSSR count). The molecule has 1 unspecified atom stereocenters. The van der Waals surface area contributed by atoms with Crippen LogP contribution >= 0.6 is 0 Å². The minimum Gasteiger partial charge on any atom is -0.390 e. The molecule has 0 aliphatic carbocycles. The number of sulfone groups is 1. The fourth-order valence-electron chi connectivity index (χ4n) is 13.4. The van der Waals surface area contributed by atoms with E-state index < -0.39 is 182 Å². The summed E-state index contributed by atoms with van der Waals surface area (Å²) in [5.74, 6) is -11.6. The van der Waals surface area contributed by atoms with Crippen LogP contribution in [-0.2, 0) is 62.6 Å². The van der Waals surface area contributed by atoms with Gasteiger partial charge in [-0.2, -0.15) is 0 Å². The summed E-state index contributed by atoms with van der Waals surface area (Å²) in [7, 11) is 7.27. The Hall–Kier alpha value is -6.22. The highest BCUT2D eigenvalue weighted by molar-refractivity contribution is 7.92. The Morgan fingerprint density at radius 1 is 0.516 bits per heavy atom. The summed E-state index contributed by atoms with van der Waals surface area (Å²) < 4.78 is 29.4. The molecule has 95 heavy (non-hydrogen) atoms. The van der Waals surface area contributed by atoms with Crippen LogP contribution < -0.4 is 16.0 Å². The average molecular weight is 1360 g/mol. The van der Waals surface area contributed by atoms with Gasteiger partial charge in [0.1, 0.15) is 66.5 Å². The van der Waals surface area contributed by atoms with E-state index >= 15 is 28.8 Å². The number of rotatable bonds is 16. The normalized spacial score (nSPS) is 29.0. The molecular weight excluding hydrogens is 1240 g/mol. The average Bonchev–Trinajstić information content (AvgIpc) is 1.77. The van der Waals surface area contributed by atoms with Gasteiger partial charge in [0.25, 0.3) is 0 Å². The largest absolute Gasteiger partial charge is 0.390 e. The van der Waals surface area contributed by atoms with Gasteiger partial charge in [-0.15, -0.1) is 0 Å². The Bertz CT molecular complexity index is 2840. The third-order valence-corrected chi connectivity index (χ3v) is 21.8. The van der Waals surface area contributed by atoms with E-state index in [0.717, 1.165) is 14.7 Å². The van der Waals surface area contributed by atoms with Crippen LogP contribution in [0.15, 0.2) is 12.2 Å². The molecule has 2 bridgehead atoms. The topological polar surface area (TPSA) is 307 Å². The number of piperidine rings is 1. The van der Waals surface area contributed by atoms with Gasteiger partial charge in [-0.25, -0.2) is 8.42 Å². The maximum Gasteiger partial charge on any atom is 0.246 e. The van der Waals surface area contributed by atoms with Gasteiger partial charge in [0.05, 0.1) is 17.1 Å². The van der Waals surface area contributed by atoms with Crippen LogP contribution in [0.1, 0.15) is 162 Å². The zero-order valence-electron chi connectivity index (χ0n) is 61.7. The van der Waals surface area contributed by atoms with Crippen LogP contribution in [0.25, 0.3) is 0 Å². The van der Waals surface area contributed by atoms with Gasteiger partial charge in [0, 0.05) is 55.4 Å². The molecule has 26 nitrogen and oxygen atoms in total. The number of nitrogens with one attached hydrogen (secondary N) is 3. The summed E-state index contributed by atoms with van der Waals surface area (Å²) in [5.41, 5.74) is 0. The van der Waals surface area contributed by atoms with Gasteiger partial charge in [0.15, 0.2) is 9.84 Å². The van der Waals surface area contributed by atoms with Crippen LogP contribution in [0.2, 0.25) is 0 Å². The molecule has 3 heterocycles. The highest BCUT2D eigenvalue weighted by atomic mass is 32.2. The first-order chi connectivity index (χ1) is 43.9. The quantitative estimate of drug-likeness (QED) is 0.162. The SMILES string of the molecule is CC=CC[C@@H](C)[C@@H](O)[C@@H]1C(=O)N[C@H](CC)C(=O)N(C)[C@H](CS(=O)(=O)C2CCN(C)CC2)C(=O)N(C)[C@@H](CC(C)C)C(=O)N[C@H](C(C)C)C(=O)N(C)[C@@H]2CC(C)N(C2=O)[C@H](C)C(=O)N[C@@H](C)C(=O)N(C)[C@H](CC(C)C)C(=O)N(C)[C@H](CC(C)C)C(=O)N(C)[C@H](C(C)C)C(=O)N1C. The van der Waals surface area contributed by atoms with Crippen molar-refractivity contribution in [3.05, 3.63) is 12.2 Å². The van der Waals surface area contributed by atoms with E-state index in [1.54, 1.807) is 67.5 Å². The second-order valence-electron chi connectivity index (χ2n) is 29.3. The van der Waals surface area contributed by atoms with E-state index in [1.807, 2.05) is 53.5 Å². The maximum atomic E-state index is 15.5. The molecule has 4 N–H and O–H groups in total. The monoisotopic (exact) mass is 1360 g/mol. The van der Waals surface area contributed by atoms with Crippen LogP contribution in [-0.4, -0.2) is 282 Å². The maximum absolute atomic E-state index is 15.5. The summed E-state index contributed by atoms with van der Waals surface area (Å²) in [6.07, 6.45) is 2.90. The van der Waals surface area contributed by atoms with Crippen molar-refractivity contribution in [3.63, 3.8) is 0 Å². The second-order valence-corrected chi connectivity index (χ2v) is 31.6. The molecule has 0 aromatic heterocycles. The first kappa shape index (κ1) is 83.0. The Labute approximate surface area is 567 Å². The Morgan fingerprint density at radius 3 is 1.46 bits per heavy atom. The fraction of sp³-hybridized carbons (Fsp3) is 0.809. The van der Waals surface area contributed by atoms with Gasteiger partial charge in [-0.3, -0.25) is 52.7 Å². The summed E-state index contributed by atoms with van der Waals surface area (Å²) in [4.78, 5) is 176. The molecule has 11 amide bonds. The zero-order chi connectivity index (χ0) is 72.9. The minimum atomic E-state index is -4.20. The lowest BCUT2D eigenvalue weighted by Gasteiger charge is -2.41. The highest BCUT2D eigenvalue weighted by Gasteiger charge is 2.50. The van der Waals surface area contributed by atoms with E-state index in [4.69, 9.17) is 0 Å². The second kappa shape index (κ2) is 35.9. The van der Waals surface area contributed by atoms with Gasteiger partial charge in [-0.1, -0.05) is 95.2 Å². The van der Waals surface area contributed by atoms with E-state index in [-0.39, 0.29) is 69.1 Å². The number of hydrogen-bond acceptors (Lipinski definition) is 15. The lowest BCUT2D eigenvalue weighted by molar-refractivity contribution is -0.157. The predicted molar refractivity (Wildman–Crippen MR) is 365 cm³/mol. The minimum absolute atomic E-state index is 0.00690. The van der Waals surface area contributed by atoms with Crippen molar-refractivity contribution in [2.45, 2.75) is 246 Å². The number of carbonyl (C=O) groups is 11. The molecule has 542 valence electrons. The highest BCUT2D eigenvalue weighted by Crippen LogP contribution is 2.30. The van der Waals surface area contributed by atoms with Crippen molar-refractivity contribution in [1.82, 2.24) is 60.0 Å². The molecule has 3 saturated heterocycles. The number of likely N-dealkylation sites (tertiary alicyclic amines) is 1. The van der Waals surface area contributed by atoms with Crippen LogP contribution in [0.5, 0.6) is 0 Å². The molecule has 3 aliphatic rings. The zero-order valence-corrected chi connectivity index (χ0v) is 62.5. The van der Waals surface area contributed by atoms with Crippen molar-refractivity contribution < 1.29 is 66.3 Å². The van der Waals surface area contributed by atoms with Crippen molar-refractivity contribution in [3.8, 4) is 0 Å². The first-order valence-electron chi connectivity index (χ1n) is 34.2. The molecule has 0 radical (unpaired) electrons. The van der Waals surface area contributed by atoms with Crippen LogP contribution in [0, 0.1) is 35.5 Å². The molecule has 0 spiro atoms. The Morgan fingerprint density at radius 2 is 0.979 bits per heavy atom. The summed E-state index contributed by atoms with van der Waals surface area (Å²) in [6, 6.07) is -15.4. The first-order valence-corrected chi connectivity index (χ1v) is 35.9. The lowest BCUT2D eigenvalue weighted by Crippen LogP contribution is -2.64. The number of hydrogen-bond donors (Lipinski definition) is 4. The van der Waals surface area contributed by atoms with Crippen molar-refractivity contribution in [2.75, 3.05) is 75.2 Å². The molecule has 3 fully saturated rings. The predicted octanol–water partition coefficient (Wildman–Crippen LogP) is 2.61. The van der Waals surface area contributed by atoms with Gasteiger partial charge in [0.2, 0.25) is 65.0 Å². The number of aliphatic hydroxyl groups is 1. The van der Waals surface area contributed by atoms with E-state index in [1.165, 1.54) is 87.7 Å². The van der Waals surface area contributed by atoms with Gasteiger partial charge < -0.3 is 65.2 Å². The summed E-state index contributed by atoms with van der Waals surface area (Å²) in [5, 5.41) is 19.8. The number of fused-ring (bicyclic) bond motifs is 2. The van der Waals surface area contributed by atoms with Gasteiger partial charge in [-0.05, 0) is 135 Å². The van der Waals surface area contributed by atoms with Crippen LogP contribution in [0.3, 0.4) is 0 Å².